The Morgan fingerprint density at radius 1 is 0.381 bits per heavy atom. The van der Waals surface area contributed by atoms with Gasteiger partial charge in [-0.2, -0.15) is 0 Å². The highest BCUT2D eigenvalue weighted by Gasteiger charge is 2.25. The third-order valence-electron chi connectivity index (χ3n) is 12.8. The van der Waals surface area contributed by atoms with Crippen molar-refractivity contribution in [1.29, 1.82) is 0 Å². The highest BCUT2D eigenvalue weighted by molar-refractivity contribution is 7.25. The molecule has 0 amide bonds. The van der Waals surface area contributed by atoms with Crippen molar-refractivity contribution in [2.75, 3.05) is 0 Å². The summed E-state index contributed by atoms with van der Waals surface area (Å²) in [6.45, 7) is 0. The molecule has 5 nitrogen and oxygen atoms in total. The van der Waals surface area contributed by atoms with Crippen molar-refractivity contribution in [3.63, 3.8) is 0 Å². The first-order chi connectivity index (χ1) is 31.2. The second-order valence-electron chi connectivity index (χ2n) is 16.3. The number of hydrogen-bond donors (Lipinski definition) is 0. The van der Waals surface area contributed by atoms with Crippen LogP contribution in [0.3, 0.4) is 0 Å². The van der Waals surface area contributed by atoms with Crippen molar-refractivity contribution < 1.29 is 4.42 Å². The van der Waals surface area contributed by atoms with Crippen LogP contribution >= 0.6 is 11.3 Å². The lowest BCUT2D eigenvalue weighted by molar-refractivity contribution is 0.672. The van der Waals surface area contributed by atoms with E-state index in [1.807, 2.05) is 11.3 Å². The lowest BCUT2D eigenvalue weighted by atomic mass is 10.0. The predicted molar refractivity (Wildman–Crippen MR) is 263 cm³/mol. The van der Waals surface area contributed by atoms with Gasteiger partial charge in [-0.25, -0.2) is 15.0 Å². The summed E-state index contributed by atoms with van der Waals surface area (Å²) in [5, 5.41) is 13.7. The average molecular weight is 821 g/mol. The number of hydrogen-bond acceptors (Lipinski definition) is 5. The Morgan fingerprint density at radius 2 is 1.00 bits per heavy atom. The van der Waals surface area contributed by atoms with Crippen LogP contribution in [0.2, 0.25) is 0 Å². The Bertz CT molecular complexity index is 4230. The number of rotatable bonds is 4. The van der Waals surface area contributed by atoms with E-state index in [1.165, 1.54) is 41.7 Å². The maximum atomic E-state index is 6.92. The van der Waals surface area contributed by atoms with Crippen LogP contribution in [0.4, 0.5) is 0 Å². The second kappa shape index (κ2) is 13.2. The maximum absolute atomic E-state index is 6.92. The second-order valence-corrected chi connectivity index (χ2v) is 17.4. The molecular weight excluding hydrogens is 789 g/mol. The molecule has 0 bridgehead atoms. The highest BCUT2D eigenvalue weighted by Crippen LogP contribution is 2.45. The smallest absolute Gasteiger partial charge is 0.166 e. The fourth-order valence-corrected chi connectivity index (χ4v) is 10.9. The van der Waals surface area contributed by atoms with Crippen LogP contribution in [0.15, 0.2) is 199 Å². The Morgan fingerprint density at radius 3 is 1.84 bits per heavy atom. The zero-order valence-electron chi connectivity index (χ0n) is 33.6. The van der Waals surface area contributed by atoms with Gasteiger partial charge >= 0.3 is 0 Å². The van der Waals surface area contributed by atoms with Crippen molar-refractivity contribution >= 4 is 108 Å². The molecule has 63 heavy (non-hydrogen) atoms. The number of benzene rings is 10. The van der Waals surface area contributed by atoms with E-state index >= 15 is 0 Å². The fraction of sp³-hybridized carbons (Fsp3) is 0. The van der Waals surface area contributed by atoms with Crippen LogP contribution in [0.25, 0.3) is 136 Å². The summed E-state index contributed by atoms with van der Waals surface area (Å²) in [7, 11) is 0. The molecule has 0 unspecified atom stereocenters. The van der Waals surface area contributed by atoms with E-state index in [4.69, 9.17) is 19.4 Å². The van der Waals surface area contributed by atoms with Crippen LogP contribution < -0.4 is 0 Å². The van der Waals surface area contributed by atoms with E-state index in [1.54, 1.807) is 0 Å². The largest absolute Gasteiger partial charge is 0.455 e. The molecular formula is C57H32N4OS. The number of furan rings is 1. The monoisotopic (exact) mass is 820 g/mol. The van der Waals surface area contributed by atoms with E-state index in [9.17, 15) is 0 Å². The minimum atomic E-state index is 0.581. The molecule has 14 aromatic rings. The molecule has 0 radical (unpaired) electrons. The molecule has 10 aromatic carbocycles. The van der Waals surface area contributed by atoms with Crippen LogP contribution in [0.1, 0.15) is 0 Å². The SMILES string of the molecule is c1ccc2cc(-c3nc(-c4ccc5sc6ccccc6c5c4)nc(-c4ccc5oc6c7ccccc7ccc6c5c4-n4c5ccccc5c5cc6ccccc6cc54)n3)ccc2c1. The Labute approximate surface area is 363 Å². The van der Waals surface area contributed by atoms with Crippen molar-refractivity contribution in [3.05, 3.63) is 194 Å². The molecule has 292 valence electrons. The van der Waals surface area contributed by atoms with Crippen molar-refractivity contribution in [3.8, 4) is 39.9 Å². The van der Waals surface area contributed by atoms with Crippen molar-refractivity contribution in [2.45, 2.75) is 0 Å². The van der Waals surface area contributed by atoms with Gasteiger partial charge in [-0.3, -0.25) is 0 Å². The van der Waals surface area contributed by atoms with Gasteiger partial charge in [0.15, 0.2) is 17.5 Å². The van der Waals surface area contributed by atoms with E-state index < -0.39 is 0 Å². The Balaban J connectivity index is 1.12. The van der Waals surface area contributed by atoms with Crippen LogP contribution in [-0.2, 0) is 0 Å². The first kappa shape index (κ1) is 34.5. The molecule has 0 spiro atoms. The standard InChI is InChI=1S/C57H32N4OS/c1-2-13-35-29-38(22-21-33(35)11-1)55-58-56(39-24-28-51-46(31-39)42-18-8-10-20-50(42)63-51)60-57(59-55)44-26-27-49-52(43-25-23-34-12-5-6-16-40(34)54(43)62-49)53(44)61-47-19-9-7-17-41(47)45-30-36-14-3-4-15-37(36)32-48(45)61/h1-32H. The molecule has 6 heteroatoms. The van der Waals surface area contributed by atoms with E-state index in [0.717, 1.165) is 76.9 Å². The van der Waals surface area contributed by atoms with Gasteiger partial charge < -0.3 is 8.98 Å². The summed E-state index contributed by atoms with van der Waals surface area (Å²) >= 11 is 1.81. The number of para-hydroxylation sites is 1. The van der Waals surface area contributed by atoms with E-state index in [-0.39, 0.29) is 0 Å². The quantitative estimate of drug-likeness (QED) is 0.177. The van der Waals surface area contributed by atoms with E-state index in [0.29, 0.717) is 17.5 Å². The van der Waals surface area contributed by atoms with Crippen molar-refractivity contribution in [2.24, 2.45) is 0 Å². The van der Waals surface area contributed by atoms with Gasteiger partial charge in [0.25, 0.3) is 0 Å². The summed E-state index contributed by atoms with van der Waals surface area (Å²) in [4.78, 5) is 16.2. The van der Waals surface area contributed by atoms with Gasteiger partial charge in [0, 0.05) is 58.4 Å². The van der Waals surface area contributed by atoms with Crippen LogP contribution in [-0.4, -0.2) is 19.5 Å². The third kappa shape index (κ3) is 5.19. The van der Waals surface area contributed by atoms with Gasteiger partial charge in [0.2, 0.25) is 0 Å². The van der Waals surface area contributed by atoms with Gasteiger partial charge in [0.05, 0.1) is 22.1 Å². The molecule has 14 rings (SSSR count). The lowest BCUT2D eigenvalue weighted by Crippen LogP contribution is -2.04. The first-order valence-electron chi connectivity index (χ1n) is 21.2. The maximum Gasteiger partial charge on any atom is 0.166 e. The molecule has 0 aliphatic carbocycles. The molecule has 0 atom stereocenters. The summed E-state index contributed by atoms with van der Waals surface area (Å²) in [5.74, 6) is 1.80. The summed E-state index contributed by atoms with van der Waals surface area (Å²) < 4.78 is 11.8. The summed E-state index contributed by atoms with van der Waals surface area (Å²) in [5.41, 5.74) is 7.53. The number of fused-ring (bicyclic) bond motifs is 13. The van der Waals surface area contributed by atoms with Crippen LogP contribution in [0.5, 0.6) is 0 Å². The fourth-order valence-electron chi connectivity index (χ4n) is 9.83. The molecule has 0 fully saturated rings. The predicted octanol–water partition coefficient (Wildman–Crippen LogP) is 15.7. The topological polar surface area (TPSA) is 56.7 Å². The van der Waals surface area contributed by atoms with E-state index in [2.05, 4.69) is 199 Å². The first-order valence-corrected chi connectivity index (χ1v) is 22.0. The van der Waals surface area contributed by atoms with Gasteiger partial charge in [0.1, 0.15) is 11.2 Å². The molecule has 0 aliphatic rings. The summed E-state index contributed by atoms with van der Waals surface area (Å²) in [6, 6.07) is 69.1. The Hall–Kier alpha value is -8.19. The third-order valence-corrected chi connectivity index (χ3v) is 13.9. The molecule has 4 aromatic heterocycles. The van der Waals surface area contributed by atoms with Gasteiger partial charge in [-0.1, -0.05) is 127 Å². The van der Waals surface area contributed by atoms with Crippen molar-refractivity contribution in [1.82, 2.24) is 19.5 Å². The number of aromatic nitrogens is 4. The lowest BCUT2D eigenvalue weighted by Gasteiger charge is -2.16. The summed E-state index contributed by atoms with van der Waals surface area (Å²) in [6.07, 6.45) is 0. The van der Waals surface area contributed by atoms with Gasteiger partial charge in [-0.15, -0.1) is 11.3 Å². The molecule has 0 saturated heterocycles. The average Bonchev–Trinajstić information content (AvgIpc) is 4.02. The highest BCUT2D eigenvalue weighted by atomic mass is 32.1. The molecule has 4 heterocycles. The van der Waals surface area contributed by atoms with Gasteiger partial charge in [-0.05, 0) is 93.7 Å². The number of thiophene rings is 1. The molecule has 0 aliphatic heterocycles. The molecule has 0 N–H and O–H groups in total. The normalized spacial score (nSPS) is 12.1. The minimum Gasteiger partial charge on any atom is -0.455 e. The van der Waals surface area contributed by atoms with Crippen LogP contribution in [0, 0.1) is 0 Å². The number of nitrogens with zero attached hydrogens (tertiary/aromatic N) is 4. The zero-order valence-corrected chi connectivity index (χ0v) is 34.4. The Kier molecular flexibility index (Phi) is 7.21. The zero-order chi connectivity index (χ0) is 41.2. The molecule has 0 saturated carbocycles. The minimum absolute atomic E-state index is 0.581.